The average Bonchev–Trinajstić information content (AvgIpc) is 2.72. The molecule has 0 radical (unpaired) electrons. The maximum Gasteiger partial charge on any atom is 0.437 e. The monoisotopic (exact) mass is 367 g/mol. The van der Waals surface area contributed by atoms with Gasteiger partial charge in [-0.25, -0.2) is 9.80 Å². The Kier molecular flexibility index (Phi) is 4.62. The van der Waals surface area contributed by atoms with E-state index < -0.39 is 29.5 Å². The molecule has 0 atom stereocenters. The molecule has 0 saturated carbocycles. The summed E-state index contributed by atoms with van der Waals surface area (Å²) in [5.74, 6) is -2.31. The summed E-state index contributed by atoms with van der Waals surface area (Å²) in [5.41, 5.74) is -2.86. The fourth-order valence-electron chi connectivity index (χ4n) is 1.56. The highest BCUT2D eigenvalue weighted by Crippen LogP contribution is 2.24. The van der Waals surface area contributed by atoms with Gasteiger partial charge in [0.2, 0.25) is 5.71 Å². The average molecular weight is 368 g/mol. The Morgan fingerprint density at radius 2 is 2.00 bits per heavy atom. The third-order valence-electron chi connectivity index (χ3n) is 2.61. The number of hydrogen-bond donors (Lipinski definition) is 0. The molecule has 1 aliphatic heterocycles. The first-order valence-electron chi connectivity index (χ1n) is 5.80. The van der Waals surface area contributed by atoms with Gasteiger partial charge in [-0.15, -0.1) is 0 Å². The SMILES string of the molecule is CN1N=C(C(F)(F)F)/C(=N\OC(=O)c2ccc(Cl)cc2Cl)C1=O. The zero-order chi connectivity index (χ0) is 17.4. The van der Waals surface area contributed by atoms with Crippen LogP contribution in [0.4, 0.5) is 13.2 Å². The minimum absolute atomic E-state index is 0.0812. The van der Waals surface area contributed by atoms with Gasteiger partial charge in [0.15, 0.2) is 5.71 Å². The largest absolute Gasteiger partial charge is 0.437 e. The zero-order valence-corrected chi connectivity index (χ0v) is 12.7. The van der Waals surface area contributed by atoms with Crippen molar-refractivity contribution in [3.63, 3.8) is 0 Å². The molecule has 0 saturated heterocycles. The number of nitrogens with zero attached hydrogens (tertiary/aromatic N) is 3. The second-order valence-electron chi connectivity index (χ2n) is 4.22. The van der Waals surface area contributed by atoms with Crippen molar-refractivity contribution in [2.24, 2.45) is 10.3 Å². The van der Waals surface area contributed by atoms with E-state index >= 15 is 0 Å². The Labute approximate surface area is 137 Å². The summed E-state index contributed by atoms with van der Waals surface area (Å²) < 4.78 is 38.2. The number of rotatable bonds is 2. The molecule has 0 fully saturated rings. The van der Waals surface area contributed by atoms with Gasteiger partial charge in [-0.2, -0.15) is 18.3 Å². The van der Waals surface area contributed by atoms with Crippen LogP contribution < -0.4 is 0 Å². The molecule has 2 rings (SSSR count). The first-order chi connectivity index (χ1) is 10.6. The Morgan fingerprint density at radius 3 is 2.57 bits per heavy atom. The summed E-state index contributed by atoms with van der Waals surface area (Å²) >= 11 is 11.4. The number of alkyl halides is 3. The van der Waals surface area contributed by atoms with E-state index in [1.165, 1.54) is 18.2 Å². The smallest absolute Gasteiger partial charge is 0.312 e. The van der Waals surface area contributed by atoms with Gasteiger partial charge in [-0.3, -0.25) is 4.79 Å². The van der Waals surface area contributed by atoms with Crippen molar-refractivity contribution in [3.05, 3.63) is 33.8 Å². The van der Waals surface area contributed by atoms with Crippen molar-refractivity contribution in [2.75, 3.05) is 7.05 Å². The zero-order valence-electron chi connectivity index (χ0n) is 11.2. The molecule has 1 amide bonds. The molecule has 1 heterocycles. The van der Waals surface area contributed by atoms with Crippen LogP contribution in [0.25, 0.3) is 0 Å². The molecule has 0 aliphatic carbocycles. The third kappa shape index (κ3) is 3.62. The number of hydrazone groups is 1. The fraction of sp³-hybridized carbons (Fsp3) is 0.167. The van der Waals surface area contributed by atoms with E-state index in [0.717, 1.165) is 7.05 Å². The van der Waals surface area contributed by atoms with E-state index in [-0.39, 0.29) is 15.6 Å². The van der Waals surface area contributed by atoms with Crippen molar-refractivity contribution in [2.45, 2.75) is 6.18 Å². The maximum absolute atomic E-state index is 12.7. The van der Waals surface area contributed by atoms with Crippen LogP contribution in [0.1, 0.15) is 10.4 Å². The van der Waals surface area contributed by atoms with E-state index in [1.807, 2.05) is 0 Å². The Balaban J connectivity index is 2.26. The summed E-state index contributed by atoms with van der Waals surface area (Å²) in [6, 6.07) is 3.77. The van der Waals surface area contributed by atoms with E-state index in [1.54, 1.807) is 0 Å². The van der Waals surface area contributed by atoms with Crippen LogP contribution in [0.3, 0.4) is 0 Å². The Hall–Kier alpha value is -2.13. The van der Waals surface area contributed by atoms with Crippen molar-refractivity contribution in [1.82, 2.24) is 5.01 Å². The minimum atomic E-state index is -4.93. The highest BCUT2D eigenvalue weighted by atomic mass is 35.5. The van der Waals surface area contributed by atoms with Crippen LogP contribution in [0.15, 0.2) is 28.5 Å². The summed E-state index contributed by atoms with van der Waals surface area (Å²) in [6.07, 6.45) is -4.93. The number of benzene rings is 1. The number of carbonyl (C=O) groups is 2. The molecule has 122 valence electrons. The first kappa shape index (κ1) is 17.2. The summed E-state index contributed by atoms with van der Waals surface area (Å²) in [4.78, 5) is 27.7. The number of hydrogen-bond acceptors (Lipinski definition) is 5. The molecule has 0 spiro atoms. The van der Waals surface area contributed by atoms with Gasteiger partial charge < -0.3 is 4.84 Å². The molecule has 0 bridgehead atoms. The van der Waals surface area contributed by atoms with Gasteiger partial charge in [0.1, 0.15) is 0 Å². The van der Waals surface area contributed by atoms with Crippen LogP contribution >= 0.6 is 23.2 Å². The second kappa shape index (κ2) is 6.17. The quantitative estimate of drug-likeness (QED) is 0.595. The highest BCUT2D eigenvalue weighted by molar-refractivity contribution is 6.69. The highest BCUT2D eigenvalue weighted by Gasteiger charge is 2.47. The van der Waals surface area contributed by atoms with E-state index in [2.05, 4.69) is 15.1 Å². The molecule has 23 heavy (non-hydrogen) atoms. The maximum atomic E-state index is 12.7. The second-order valence-corrected chi connectivity index (χ2v) is 5.06. The van der Waals surface area contributed by atoms with Crippen LogP contribution in [0, 0.1) is 0 Å². The lowest BCUT2D eigenvalue weighted by Gasteiger charge is -2.05. The minimum Gasteiger partial charge on any atom is -0.312 e. The van der Waals surface area contributed by atoms with Gasteiger partial charge in [-0.1, -0.05) is 28.4 Å². The lowest BCUT2D eigenvalue weighted by Crippen LogP contribution is -2.33. The van der Waals surface area contributed by atoms with E-state index in [4.69, 9.17) is 23.2 Å². The predicted molar refractivity (Wildman–Crippen MR) is 75.6 cm³/mol. The van der Waals surface area contributed by atoms with E-state index in [0.29, 0.717) is 5.01 Å². The first-order valence-corrected chi connectivity index (χ1v) is 6.55. The molecular formula is C12H6Cl2F3N3O3. The molecular weight excluding hydrogens is 362 g/mol. The van der Waals surface area contributed by atoms with E-state index in [9.17, 15) is 22.8 Å². The summed E-state index contributed by atoms with van der Waals surface area (Å²) in [6.45, 7) is 0. The number of carbonyl (C=O) groups excluding carboxylic acids is 2. The van der Waals surface area contributed by atoms with Crippen molar-refractivity contribution in [1.29, 1.82) is 0 Å². The van der Waals surface area contributed by atoms with Crippen molar-refractivity contribution in [3.8, 4) is 0 Å². The molecule has 11 heteroatoms. The van der Waals surface area contributed by atoms with Crippen molar-refractivity contribution >= 4 is 46.5 Å². The topological polar surface area (TPSA) is 71.3 Å². The molecule has 1 aliphatic rings. The number of amides is 1. The van der Waals surface area contributed by atoms with Crippen LogP contribution in [-0.4, -0.2) is 41.5 Å². The molecule has 0 aromatic heterocycles. The van der Waals surface area contributed by atoms with Crippen molar-refractivity contribution < 1.29 is 27.6 Å². The Bertz CT molecular complexity index is 747. The molecule has 0 unspecified atom stereocenters. The Morgan fingerprint density at radius 1 is 1.35 bits per heavy atom. The predicted octanol–water partition coefficient (Wildman–Crippen LogP) is 2.90. The molecule has 6 nitrogen and oxygen atoms in total. The third-order valence-corrected chi connectivity index (χ3v) is 3.16. The molecule has 1 aromatic rings. The number of oxime groups is 1. The van der Waals surface area contributed by atoms with Crippen LogP contribution in [-0.2, 0) is 9.63 Å². The van der Waals surface area contributed by atoms with Gasteiger partial charge in [0, 0.05) is 12.1 Å². The fourth-order valence-corrected chi connectivity index (χ4v) is 2.05. The lowest BCUT2D eigenvalue weighted by atomic mass is 10.2. The standard InChI is InChI=1S/C12H6Cl2F3N3O3/c1-20-10(21)8(9(18-20)12(15,16)17)19-23-11(22)6-3-2-5(13)4-7(6)14/h2-4H,1H3/b19-8+. The molecule has 0 N–H and O–H groups in total. The van der Waals surface area contributed by atoms with Gasteiger partial charge >= 0.3 is 12.1 Å². The summed E-state index contributed by atoms with van der Waals surface area (Å²) in [7, 11) is 1.01. The van der Waals surface area contributed by atoms with Crippen LogP contribution in [0.2, 0.25) is 10.0 Å². The van der Waals surface area contributed by atoms with Gasteiger partial charge in [-0.05, 0) is 18.2 Å². The van der Waals surface area contributed by atoms with Gasteiger partial charge in [0.25, 0.3) is 5.91 Å². The van der Waals surface area contributed by atoms with Gasteiger partial charge in [0.05, 0.1) is 10.6 Å². The summed E-state index contributed by atoms with van der Waals surface area (Å²) in [5, 5.41) is 6.59. The lowest BCUT2D eigenvalue weighted by molar-refractivity contribution is -0.122. The number of halogens is 5. The normalized spacial score (nSPS) is 16.8. The van der Waals surface area contributed by atoms with Crippen LogP contribution in [0.5, 0.6) is 0 Å². The molecule has 1 aromatic carbocycles.